The third kappa shape index (κ3) is 7.91. The Bertz CT molecular complexity index is 1980. The van der Waals surface area contributed by atoms with Crippen molar-refractivity contribution in [2.24, 2.45) is 29.1 Å². The van der Waals surface area contributed by atoms with Gasteiger partial charge in [-0.25, -0.2) is 4.39 Å². The highest BCUT2D eigenvalue weighted by Gasteiger charge is 2.78. The number of nitrogens with zero attached hydrogens (tertiary/aromatic N) is 2. The van der Waals surface area contributed by atoms with Crippen LogP contribution in [0.2, 0.25) is 0 Å². The molecule has 4 aliphatic carbocycles. The predicted molar refractivity (Wildman–Crippen MR) is 195 cm³/mol. The number of allylic oxidation sites excluding steroid dienone is 4. The van der Waals surface area contributed by atoms with Gasteiger partial charge in [0.15, 0.2) is 0 Å². The predicted octanol–water partition coefficient (Wildman–Crippen LogP) is 8.27. The lowest BCUT2D eigenvalue weighted by Crippen LogP contribution is -2.29. The normalized spacial score (nSPS) is 24.5. The van der Waals surface area contributed by atoms with E-state index in [4.69, 9.17) is 9.72 Å². The highest BCUT2D eigenvalue weighted by Crippen LogP contribution is 2.84. The molecule has 0 aliphatic heterocycles. The number of halogens is 1. The maximum Gasteiger partial charge on any atom is 0.306 e. The van der Waals surface area contributed by atoms with Gasteiger partial charge >= 0.3 is 5.97 Å². The van der Waals surface area contributed by atoms with E-state index in [1.807, 2.05) is 75.5 Å². The Morgan fingerprint density at radius 2 is 1.90 bits per heavy atom. The van der Waals surface area contributed by atoms with Crippen LogP contribution in [-0.4, -0.2) is 29.0 Å². The van der Waals surface area contributed by atoms with Crippen molar-refractivity contribution >= 4 is 17.4 Å². The number of hydrogen-bond acceptors (Lipinski definition) is 5. The van der Waals surface area contributed by atoms with Crippen molar-refractivity contribution in [3.05, 3.63) is 130 Å². The van der Waals surface area contributed by atoms with Crippen LogP contribution in [-0.2, 0) is 33.6 Å². The van der Waals surface area contributed by atoms with Crippen LogP contribution < -0.4 is 5.32 Å². The van der Waals surface area contributed by atoms with Gasteiger partial charge in [-0.05, 0) is 153 Å². The van der Waals surface area contributed by atoms with Gasteiger partial charge in [0.2, 0.25) is 0 Å². The van der Waals surface area contributed by atoms with E-state index < -0.39 is 5.60 Å². The van der Waals surface area contributed by atoms with Crippen molar-refractivity contribution < 1.29 is 18.7 Å². The number of aromatic nitrogens is 1. The Morgan fingerprint density at radius 1 is 1.06 bits per heavy atom. The molecular formula is C44H46FN3O3. The number of rotatable bonds is 13. The fraction of sp³-hybridized carbons (Fsp3) is 0.409. The minimum atomic E-state index is -0.477. The lowest BCUT2D eigenvalue weighted by Gasteiger charge is -2.19. The van der Waals surface area contributed by atoms with E-state index in [-0.39, 0.29) is 23.1 Å². The van der Waals surface area contributed by atoms with E-state index in [9.17, 15) is 19.2 Å². The number of benzene rings is 2. The number of fused-ring (bicyclic) bond motifs is 1. The van der Waals surface area contributed by atoms with Crippen molar-refractivity contribution in [3.63, 3.8) is 0 Å². The molecule has 2 aromatic carbocycles. The summed E-state index contributed by atoms with van der Waals surface area (Å²) in [5, 5.41) is 13.0. The average Bonchev–Trinajstić information content (AvgIpc) is 4.03. The average molecular weight is 684 g/mol. The molecule has 1 N–H and O–H groups in total. The molecule has 7 heteroatoms. The van der Waals surface area contributed by atoms with E-state index in [2.05, 4.69) is 23.5 Å². The fourth-order valence-corrected chi connectivity index (χ4v) is 8.24. The van der Waals surface area contributed by atoms with Gasteiger partial charge in [0.25, 0.3) is 5.91 Å². The van der Waals surface area contributed by atoms with Gasteiger partial charge in [0.05, 0.1) is 11.6 Å². The topological polar surface area (TPSA) is 92.1 Å². The largest absolute Gasteiger partial charge is 0.460 e. The number of ether oxygens (including phenoxy) is 1. The molecule has 1 heterocycles. The van der Waals surface area contributed by atoms with Crippen LogP contribution in [0.15, 0.2) is 96.2 Å². The number of esters is 1. The van der Waals surface area contributed by atoms with Crippen LogP contribution in [0.4, 0.5) is 4.39 Å². The van der Waals surface area contributed by atoms with Gasteiger partial charge in [-0.1, -0.05) is 48.6 Å². The minimum absolute atomic E-state index is 0.0936. The van der Waals surface area contributed by atoms with E-state index in [0.717, 1.165) is 65.6 Å². The molecule has 3 aromatic rings. The third-order valence-corrected chi connectivity index (χ3v) is 11.2. The summed E-state index contributed by atoms with van der Waals surface area (Å²) < 4.78 is 19.4. The number of aryl methyl sites for hydroxylation is 1. The minimum Gasteiger partial charge on any atom is -0.460 e. The lowest BCUT2D eigenvalue weighted by atomic mass is 9.87. The Morgan fingerprint density at radius 3 is 2.69 bits per heavy atom. The zero-order chi connectivity index (χ0) is 35.8. The van der Waals surface area contributed by atoms with Crippen molar-refractivity contribution in [1.29, 1.82) is 5.26 Å². The smallest absolute Gasteiger partial charge is 0.306 e. The molecule has 4 unspecified atom stereocenters. The molecule has 0 spiro atoms. The summed E-state index contributed by atoms with van der Waals surface area (Å²) in [6.07, 6.45) is 14.5. The van der Waals surface area contributed by atoms with Crippen molar-refractivity contribution in [2.75, 3.05) is 6.54 Å². The summed E-state index contributed by atoms with van der Waals surface area (Å²) in [4.78, 5) is 31.0. The summed E-state index contributed by atoms with van der Waals surface area (Å²) in [5.74, 6) is 1.14. The van der Waals surface area contributed by atoms with Crippen molar-refractivity contribution in [1.82, 2.24) is 10.3 Å². The molecule has 262 valence electrons. The van der Waals surface area contributed by atoms with Crippen LogP contribution in [0.3, 0.4) is 0 Å². The van der Waals surface area contributed by atoms with Crippen molar-refractivity contribution in [2.45, 2.75) is 77.7 Å². The standard InChI is InChI=1S/C44H46FN3O3/c1-43(2,3)51-40(49)25-33-23-32(33)24-39-30(10-7-20-47-39)18-21-48-42(50)37-16-14-29(35-12-5-4-9-31(35)27-46)13-15-36(37)41-38-26-44(38,41)19-17-28-8-6-11-34(45)22-28/h4-12,14-16,20,22,32-33,38,41H,13,17-19,21,23-26H2,1-3H3,(H,48,50)/t32?,33?,38-,41?,44?/m0/s1. The lowest BCUT2D eigenvalue weighted by molar-refractivity contribution is -0.155. The van der Waals surface area contributed by atoms with Gasteiger partial charge in [-0.15, -0.1) is 0 Å². The summed E-state index contributed by atoms with van der Waals surface area (Å²) in [6, 6.07) is 20.8. The van der Waals surface area contributed by atoms with Gasteiger partial charge < -0.3 is 10.1 Å². The second-order valence-electron chi connectivity index (χ2n) is 15.8. The molecule has 7 rings (SSSR count). The first-order valence-electron chi connectivity index (χ1n) is 18.3. The quantitative estimate of drug-likeness (QED) is 0.183. The molecule has 51 heavy (non-hydrogen) atoms. The number of pyridine rings is 1. The first-order chi connectivity index (χ1) is 24.5. The first-order valence-corrected chi connectivity index (χ1v) is 18.3. The van der Waals surface area contributed by atoms with Crippen LogP contribution in [0, 0.1) is 46.2 Å². The molecule has 3 saturated carbocycles. The zero-order valence-corrected chi connectivity index (χ0v) is 29.8. The SMILES string of the molecule is CC(C)(C)OC(=O)CC1CC1Cc1ncccc1CCNC(=O)C1=CC=C(c2ccccc2C#N)CC=C1C1[C@@H]2CC12CCc1cccc(F)c1. The number of amides is 1. The van der Waals surface area contributed by atoms with Gasteiger partial charge in [0.1, 0.15) is 11.4 Å². The number of carbonyl (C=O) groups excluding carboxylic acids is 2. The molecule has 5 atom stereocenters. The zero-order valence-electron chi connectivity index (χ0n) is 29.8. The molecule has 6 nitrogen and oxygen atoms in total. The van der Waals surface area contributed by atoms with E-state index >= 15 is 0 Å². The third-order valence-electron chi connectivity index (χ3n) is 11.2. The molecule has 3 fully saturated rings. The Balaban J connectivity index is 1.02. The van der Waals surface area contributed by atoms with Gasteiger partial charge in [0, 0.05) is 30.4 Å². The molecule has 0 radical (unpaired) electrons. The van der Waals surface area contributed by atoms with Crippen LogP contribution >= 0.6 is 0 Å². The highest BCUT2D eigenvalue weighted by molar-refractivity contribution is 5.99. The second kappa shape index (κ2) is 14.1. The molecule has 0 bridgehead atoms. The van der Waals surface area contributed by atoms with Crippen LogP contribution in [0.25, 0.3) is 5.57 Å². The maximum atomic E-state index is 14.0. The van der Waals surface area contributed by atoms with Crippen LogP contribution in [0.1, 0.15) is 80.8 Å². The Labute approximate surface area is 300 Å². The van der Waals surface area contributed by atoms with E-state index in [1.165, 1.54) is 6.07 Å². The highest BCUT2D eigenvalue weighted by atomic mass is 19.1. The van der Waals surface area contributed by atoms with Gasteiger partial charge in [-0.3, -0.25) is 14.6 Å². The maximum absolute atomic E-state index is 14.0. The number of carbonyl (C=O) groups is 2. The fourth-order valence-electron chi connectivity index (χ4n) is 8.24. The molecular weight excluding hydrogens is 638 g/mol. The van der Waals surface area contributed by atoms with Crippen molar-refractivity contribution in [3.8, 4) is 6.07 Å². The Kier molecular flexibility index (Phi) is 9.54. The Hall–Kier alpha value is -4.83. The van der Waals surface area contributed by atoms with Crippen LogP contribution in [0.5, 0.6) is 0 Å². The molecule has 1 aromatic heterocycles. The van der Waals surface area contributed by atoms with E-state index in [1.54, 1.807) is 12.1 Å². The summed E-state index contributed by atoms with van der Waals surface area (Å²) in [7, 11) is 0. The van der Waals surface area contributed by atoms with Gasteiger partial charge in [-0.2, -0.15) is 5.26 Å². The number of nitrogens with one attached hydrogen (secondary N) is 1. The molecule has 4 aliphatic rings. The molecule has 0 saturated heterocycles. The molecule has 1 amide bonds. The number of nitriles is 1. The monoisotopic (exact) mass is 683 g/mol. The van der Waals surface area contributed by atoms with E-state index in [0.29, 0.717) is 60.6 Å². The number of hydrogen-bond donors (Lipinski definition) is 1. The first kappa shape index (κ1) is 34.6. The summed E-state index contributed by atoms with van der Waals surface area (Å²) in [5.41, 5.74) is 7.15. The summed E-state index contributed by atoms with van der Waals surface area (Å²) in [6.45, 7) is 6.15. The second-order valence-corrected chi connectivity index (χ2v) is 15.8. The summed E-state index contributed by atoms with van der Waals surface area (Å²) >= 11 is 0.